The molecule has 2 N–H and O–H groups in total. The fourth-order valence-electron chi connectivity index (χ4n) is 1.59. The van der Waals surface area contributed by atoms with E-state index in [-0.39, 0.29) is 5.97 Å². The van der Waals surface area contributed by atoms with Crippen LogP contribution in [0.3, 0.4) is 0 Å². The maximum Gasteiger partial charge on any atom is 0.305 e. The summed E-state index contributed by atoms with van der Waals surface area (Å²) < 4.78 is 9.90. The van der Waals surface area contributed by atoms with Crippen molar-refractivity contribution in [2.24, 2.45) is 5.10 Å². The van der Waals surface area contributed by atoms with E-state index in [2.05, 4.69) is 20.6 Å². The van der Waals surface area contributed by atoms with Gasteiger partial charge in [-0.25, -0.2) is 0 Å². The van der Waals surface area contributed by atoms with Crippen LogP contribution in [-0.2, 0) is 9.53 Å². The molecule has 0 aliphatic carbocycles. The molecule has 21 heavy (non-hydrogen) atoms. The number of methoxy groups -OCH3 is 1. The standard InChI is InChI=1S/C14H21N3O3S/c1-11-7-8-12(20-11)10-16-17-14(21)15-9-5-3-4-6-13(18)19-2/h7-8,10H,3-6,9H2,1-2H3,(H2,15,17,21)/b16-10-. The van der Waals surface area contributed by atoms with Crippen molar-refractivity contribution in [3.8, 4) is 0 Å². The van der Waals surface area contributed by atoms with Gasteiger partial charge < -0.3 is 14.5 Å². The molecule has 0 saturated heterocycles. The van der Waals surface area contributed by atoms with Gasteiger partial charge in [0.1, 0.15) is 11.5 Å². The highest BCUT2D eigenvalue weighted by molar-refractivity contribution is 7.80. The largest absolute Gasteiger partial charge is 0.469 e. The SMILES string of the molecule is COC(=O)CCCCCNC(=S)N/N=C\c1ccc(C)o1. The van der Waals surface area contributed by atoms with Gasteiger partial charge in [0.25, 0.3) is 0 Å². The molecule has 7 heteroatoms. The Morgan fingerprint density at radius 1 is 1.43 bits per heavy atom. The third-order valence-electron chi connectivity index (χ3n) is 2.69. The van der Waals surface area contributed by atoms with Gasteiger partial charge in [0.15, 0.2) is 5.11 Å². The third kappa shape index (κ3) is 8.09. The van der Waals surface area contributed by atoms with Crippen LogP contribution >= 0.6 is 12.2 Å². The van der Waals surface area contributed by atoms with Crippen molar-refractivity contribution in [3.63, 3.8) is 0 Å². The summed E-state index contributed by atoms with van der Waals surface area (Å²) in [5.41, 5.74) is 2.71. The fraction of sp³-hybridized carbons (Fsp3) is 0.500. The second kappa shape index (κ2) is 9.93. The zero-order valence-electron chi connectivity index (χ0n) is 12.3. The predicted octanol–water partition coefficient (Wildman–Crippen LogP) is 2.12. The molecule has 6 nitrogen and oxygen atoms in total. The maximum atomic E-state index is 10.9. The Balaban J connectivity index is 2.04. The zero-order valence-corrected chi connectivity index (χ0v) is 13.2. The zero-order chi connectivity index (χ0) is 15.5. The number of carbonyl (C=O) groups excluding carboxylic acids is 1. The van der Waals surface area contributed by atoms with Crippen LogP contribution < -0.4 is 10.7 Å². The van der Waals surface area contributed by atoms with E-state index in [9.17, 15) is 4.79 Å². The number of furan rings is 1. The lowest BCUT2D eigenvalue weighted by Gasteiger charge is -2.06. The number of hydrazone groups is 1. The van der Waals surface area contributed by atoms with Crippen LogP contribution in [0.4, 0.5) is 0 Å². The number of nitrogens with one attached hydrogen (secondary N) is 2. The van der Waals surface area contributed by atoms with Crippen LogP contribution in [0.25, 0.3) is 0 Å². The first kappa shape index (κ1) is 17.2. The number of ether oxygens (including phenoxy) is 1. The van der Waals surface area contributed by atoms with Gasteiger partial charge in [0, 0.05) is 13.0 Å². The van der Waals surface area contributed by atoms with Crippen LogP contribution in [0.2, 0.25) is 0 Å². The van der Waals surface area contributed by atoms with Gasteiger partial charge in [-0.15, -0.1) is 0 Å². The molecule has 0 amide bonds. The highest BCUT2D eigenvalue weighted by Gasteiger charge is 1.99. The van der Waals surface area contributed by atoms with Crippen molar-refractivity contribution < 1.29 is 13.9 Å². The van der Waals surface area contributed by atoms with Crippen LogP contribution in [-0.4, -0.2) is 31.0 Å². The van der Waals surface area contributed by atoms with E-state index in [1.807, 2.05) is 19.1 Å². The van der Waals surface area contributed by atoms with Gasteiger partial charge in [-0.05, 0) is 44.1 Å². The van der Waals surface area contributed by atoms with Gasteiger partial charge in [0.2, 0.25) is 0 Å². The highest BCUT2D eigenvalue weighted by Crippen LogP contribution is 2.02. The van der Waals surface area contributed by atoms with E-state index in [0.29, 0.717) is 17.3 Å². The lowest BCUT2D eigenvalue weighted by molar-refractivity contribution is -0.140. The first-order valence-corrected chi connectivity index (χ1v) is 7.23. The average Bonchev–Trinajstić information content (AvgIpc) is 2.88. The third-order valence-corrected chi connectivity index (χ3v) is 2.93. The smallest absolute Gasteiger partial charge is 0.305 e. The Hall–Kier alpha value is -1.89. The average molecular weight is 311 g/mol. The summed E-state index contributed by atoms with van der Waals surface area (Å²) >= 11 is 5.07. The van der Waals surface area contributed by atoms with Gasteiger partial charge in [-0.1, -0.05) is 6.42 Å². The van der Waals surface area contributed by atoms with Crippen molar-refractivity contribution in [3.05, 3.63) is 23.7 Å². The lowest BCUT2D eigenvalue weighted by atomic mass is 10.2. The van der Waals surface area contributed by atoms with Gasteiger partial charge >= 0.3 is 5.97 Å². The summed E-state index contributed by atoms with van der Waals surface area (Å²) in [6, 6.07) is 3.70. The molecule has 116 valence electrons. The minimum absolute atomic E-state index is 0.164. The quantitative estimate of drug-likeness (QED) is 0.252. The topological polar surface area (TPSA) is 75.9 Å². The Labute approximate surface area is 129 Å². The summed E-state index contributed by atoms with van der Waals surface area (Å²) in [4.78, 5) is 10.9. The van der Waals surface area contributed by atoms with E-state index in [1.54, 1.807) is 6.21 Å². The molecule has 0 unspecified atom stereocenters. The summed E-state index contributed by atoms with van der Waals surface area (Å²) in [6.07, 6.45) is 4.73. The molecule has 1 aromatic heterocycles. The van der Waals surface area contributed by atoms with Crippen molar-refractivity contribution in [2.45, 2.75) is 32.6 Å². The normalized spacial score (nSPS) is 10.6. The number of unbranched alkanes of at least 4 members (excludes halogenated alkanes) is 2. The lowest BCUT2D eigenvalue weighted by Crippen LogP contribution is -2.32. The fourth-order valence-corrected chi connectivity index (χ4v) is 1.75. The molecule has 1 rings (SSSR count). The van der Waals surface area contributed by atoms with Crippen molar-refractivity contribution in [1.29, 1.82) is 0 Å². The maximum absolute atomic E-state index is 10.9. The number of hydrogen-bond donors (Lipinski definition) is 2. The molecule has 0 radical (unpaired) electrons. The number of carbonyl (C=O) groups is 1. The summed E-state index contributed by atoms with van der Waals surface area (Å²) in [5, 5.41) is 7.47. The van der Waals surface area contributed by atoms with E-state index in [0.717, 1.165) is 31.6 Å². The van der Waals surface area contributed by atoms with Crippen LogP contribution in [0.5, 0.6) is 0 Å². The molecule has 0 aromatic carbocycles. The van der Waals surface area contributed by atoms with Gasteiger partial charge in [-0.2, -0.15) is 5.10 Å². The molecule has 1 heterocycles. The highest BCUT2D eigenvalue weighted by atomic mass is 32.1. The summed E-state index contributed by atoms with van der Waals surface area (Å²) in [5.74, 6) is 1.34. The minimum atomic E-state index is -0.164. The Bertz CT molecular complexity index is 486. The first-order valence-electron chi connectivity index (χ1n) is 6.82. The van der Waals surface area contributed by atoms with Gasteiger partial charge in [0.05, 0.1) is 13.3 Å². The summed E-state index contributed by atoms with van der Waals surface area (Å²) in [6.45, 7) is 2.61. The van der Waals surface area contributed by atoms with Crippen LogP contribution in [0, 0.1) is 6.92 Å². The molecule has 0 aliphatic rings. The molecule has 0 saturated carbocycles. The number of hydrogen-bond acceptors (Lipinski definition) is 5. The Morgan fingerprint density at radius 3 is 2.90 bits per heavy atom. The van der Waals surface area contributed by atoms with Crippen molar-refractivity contribution >= 4 is 29.5 Å². The number of thiocarbonyl (C=S) groups is 1. The van der Waals surface area contributed by atoms with E-state index in [4.69, 9.17) is 16.6 Å². The van der Waals surface area contributed by atoms with E-state index in [1.165, 1.54) is 7.11 Å². The number of aryl methyl sites for hydroxylation is 1. The molecule has 1 aromatic rings. The predicted molar refractivity (Wildman–Crippen MR) is 85.3 cm³/mol. The second-order valence-corrected chi connectivity index (χ2v) is 4.87. The Kier molecular flexibility index (Phi) is 8.11. The first-order chi connectivity index (χ1) is 10.1. The molecule has 0 atom stereocenters. The van der Waals surface area contributed by atoms with E-state index >= 15 is 0 Å². The van der Waals surface area contributed by atoms with Crippen LogP contribution in [0.15, 0.2) is 21.7 Å². The number of nitrogens with zero attached hydrogens (tertiary/aromatic N) is 1. The minimum Gasteiger partial charge on any atom is -0.469 e. The van der Waals surface area contributed by atoms with Crippen molar-refractivity contribution in [1.82, 2.24) is 10.7 Å². The van der Waals surface area contributed by atoms with Crippen molar-refractivity contribution in [2.75, 3.05) is 13.7 Å². The molecule has 0 bridgehead atoms. The molecular weight excluding hydrogens is 290 g/mol. The second-order valence-electron chi connectivity index (χ2n) is 4.46. The molecule has 0 fully saturated rings. The Morgan fingerprint density at radius 2 is 2.24 bits per heavy atom. The number of rotatable bonds is 8. The molecular formula is C14H21N3O3S. The molecule has 0 spiro atoms. The van der Waals surface area contributed by atoms with Gasteiger partial charge in [-0.3, -0.25) is 10.2 Å². The van der Waals surface area contributed by atoms with Crippen LogP contribution in [0.1, 0.15) is 37.2 Å². The molecule has 0 aliphatic heterocycles. The summed E-state index contributed by atoms with van der Waals surface area (Å²) in [7, 11) is 1.40. The number of esters is 1. The monoisotopic (exact) mass is 311 g/mol. The van der Waals surface area contributed by atoms with E-state index < -0.39 is 0 Å².